The highest BCUT2D eigenvalue weighted by molar-refractivity contribution is 6.32. The summed E-state index contributed by atoms with van der Waals surface area (Å²) in [4.78, 5) is 11.3. The van der Waals surface area contributed by atoms with Gasteiger partial charge in [-0.05, 0) is 6.92 Å². The van der Waals surface area contributed by atoms with Crippen LogP contribution in [0, 0.1) is 6.92 Å². The summed E-state index contributed by atoms with van der Waals surface area (Å²) in [5.74, 6) is -0.00241. The van der Waals surface area contributed by atoms with Crippen LogP contribution in [0.1, 0.15) is 11.4 Å². The predicted molar refractivity (Wildman–Crippen MR) is 53.5 cm³/mol. The smallest absolute Gasteiger partial charge is 0.164 e. The van der Waals surface area contributed by atoms with Crippen molar-refractivity contribution in [3.05, 3.63) is 16.4 Å². The SMILES string of the molecule is COCC(=O)Cc1c(Cl)c(C)nn1C. The van der Waals surface area contributed by atoms with E-state index in [1.807, 2.05) is 6.92 Å². The molecule has 78 valence electrons. The van der Waals surface area contributed by atoms with E-state index in [-0.39, 0.29) is 18.8 Å². The number of carbonyl (C=O) groups excluding carboxylic acids is 1. The minimum absolute atomic E-state index is 0.00241. The number of ether oxygens (including phenoxy) is 1. The molecule has 5 heteroatoms. The maximum atomic E-state index is 11.3. The Bertz CT molecular complexity index is 347. The predicted octanol–water partition coefficient (Wildman–Crippen LogP) is 1.14. The zero-order chi connectivity index (χ0) is 10.7. The van der Waals surface area contributed by atoms with Crippen LogP contribution in [-0.4, -0.2) is 29.3 Å². The molecule has 0 atom stereocenters. The van der Waals surface area contributed by atoms with Crippen molar-refractivity contribution in [1.82, 2.24) is 9.78 Å². The van der Waals surface area contributed by atoms with Gasteiger partial charge in [0.05, 0.1) is 22.8 Å². The van der Waals surface area contributed by atoms with E-state index in [4.69, 9.17) is 16.3 Å². The number of halogens is 1. The molecule has 0 fully saturated rings. The highest BCUT2D eigenvalue weighted by atomic mass is 35.5. The summed E-state index contributed by atoms with van der Waals surface area (Å²) in [6.07, 6.45) is 0.268. The van der Waals surface area contributed by atoms with Gasteiger partial charge < -0.3 is 4.74 Å². The minimum atomic E-state index is -0.00241. The van der Waals surface area contributed by atoms with Crippen molar-refractivity contribution in [1.29, 1.82) is 0 Å². The van der Waals surface area contributed by atoms with Crippen LogP contribution in [0.15, 0.2) is 0 Å². The third-order valence-electron chi connectivity index (χ3n) is 1.93. The average Bonchev–Trinajstić information content (AvgIpc) is 2.33. The molecular formula is C9H13ClN2O2. The highest BCUT2D eigenvalue weighted by Gasteiger charge is 2.14. The topological polar surface area (TPSA) is 44.1 Å². The Hall–Kier alpha value is -0.870. The molecule has 1 rings (SSSR count). The summed E-state index contributed by atoms with van der Waals surface area (Å²) in [5, 5.41) is 4.68. The van der Waals surface area contributed by atoms with Gasteiger partial charge in [0.25, 0.3) is 0 Å². The van der Waals surface area contributed by atoms with E-state index in [0.717, 1.165) is 11.4 Å². The number of aryl methyl sites for hydroxylation is 2. The molecule has 0 aliphatic carbocycles. The van der Waals surface area contributed by atoms with E-state index in [1.54, 1.807) is 11.7 Å². The van der Waals surface area contributed by atoms with Crippen molar-refractivity contribution in [3.8, 4) is 0 Å². The summed E-state index contributed by atoms with van der Waals surface area (Å²) in [5.41, 5.74) is 1.49. The first-order chi connectivity index (χ1) is 6.56. The number of nitrogens with zero attached hydrogens (tertiary/aromatic N) is 2. The summed E-state index contributed by atoms with van der Waals surface area (Å²) >= 11 is 5.98. The summed E-state index contributed by atoms with van der Waals surface area (Å²) in [6.45, 7) is 1.92. The molecular weight excluding hydrogens is 204 g/mol. The summed E-state index contributed by atoms with van der Waals surface area (Å²) < 4.78 is 6.37. The number of aromatic nitrogens is 2. The Kier molecular flexibility index (Phi) is 3.66. The lowest BCUT2D eigenvalue weighted by Crippen LogP contribution is -2.12. The molecule has 0 amide bonds. The van der Waals surface area contributed by atoms with Crippen molar-refractivity contribution in [2.24, 2.45) is 7.05 Å². The fourth-order valence-corrected chi connectivity index (χ4v) is 1.50. The highest BCUT2D eigenvalue weighted by Crippen LogP contribution is 2.19. The number of ketones is 1. The van der Waals surface area contributed by atoms with Gasteiger partial charge in [-0.2, -0.15) is 5.10 Å². The number of rotatable bonds is 4. The van der Waals surface area contributed by atoms with Crippen molar-refractivity contribution in [3.63, 3.8) is 0 Å². The first-order valence-corrected chi connectivity index (χ1v) is 4.62. The van der Waals surface area contributed by atoms with E-state index in [1.165, 1.54) is 7.11 Å². The second kappa shape index (κ2) is 4.57. The second-order valence-corrected chi connectivity index (χ2v) is 3.50. The molecule has 0 aliphatic rings. The molecule has 14 heavy (non-hydrogen) atoms. The number of carbonyl (C=O) groups is 1. The molecule has 0 unspecified atom stereocenters. The molecule has 0 radical (unpaired) electrons. The van der Waals surface area contributed by atoms with Gasteiger partial charge in [0.15, 0.2) is 5.78 Å². The molecule has 1 aromatic rings. The third kappa shape index (κ3) is 2.33. The van der Waals surface area contributed by atoms with Gasteiger partial charge in [-0.15, -0.1) is 0 Å². The molecule has 0 saturated carbocycles. The minimum Gasteiger partial charge on any atom is -0.377 e. The van der Waals surface area contributed by atoms with Gasteiger partial charge in [0, 0.05) is 14.2 Å². The van der Waals surface area contributed by atoms with Crippen LogP contribution >= 0.6 is 11.6 Å². The van der Waals surface area contributed by atoms with E-state index >= 15 is 0 Å². The summed E-state index contributed by atoms with van der Waals surface area (Å²) in [6, 6.07) is 0. The Morgan fingerprint density at radius 1 is 1.64 bits per heavy atom. The van der Waals surface area contributed by atoms with Crippen molar-refractivity contribution >= 4 is 17.4 Å². The fourth-order valence-electron chi connectivity index (χ4n) is 1.27. The standard InChI is InChI=1S/C9H13ClN2O2/c1-6-9(10)8(12(2)11-6)4-7(13)5-14-3/h4-5H2,1-3H3. The van der Waals surface area contributed by atoms with Gasteiger partial charge in [-0.1, -0.05) is 11.6 Å². The lowest BCUT2D eigenvalue weighted by molar-refractivity contribution is -0.122. The zero-order valence-electron chi connectivity index (χ0n) is 8.50. The van der Waals surface area contributed by atoms with Crippen LogP contribution in [0.4, 0.5) is 0 Å². The molecule has 0 saturated heterocycles. The van der Waals surface area contributed by atoms with E-state index < -0.39 is 0 Å². The van der Waals surface area contributed by atoms with Gasteiger partial charge >= 0.3 is 0 Å². The molecule has 1 heterocycles. The van der Waals surface area contributed by atoms with Gasteiger partial charge in [0.2, 0.25) is 0 Å². The van der Waals surface area contributed by atoms with Crippen LogP contribution in [0.2, 0.25) is 5.02 Å². The molecule has 4 nitrogen and oxygen atoms in total. The number of Topliss-reactive ketones (excluding diaryl/α,β-unsaturated/α-hetero) is 1. The van der Waals surface area contributed by atoms with Crippen molar-refractivity contribution < 1.29 is 9.53 Å². The van der Waals surface area contributed by atoms with E-state index in [9.17, 15) is 4.79 Å². The van der Waals surface area contributed by atoms with Crippen LogP contribution in [0.25, 0.3) is 0 Å². The monoisotopic (exact) mass is 216 g/mol. The van der Waals surface area contributed by atoms with Gasteiger partial charge in [-0.3, -0.25) is 9.48 Å². The van der Waals surface area contributed by atoms with Crippen molar-refractivity contribution in [2.45, 2.75) is 13.3 Å². The van der Waals surface area contributed by atoms with Crippen molar-refractivity contribution in [2.75, 3.05) is 13.7 Å². The number of hydrogen-bond acceptors (Lipinski definition) is 3. The molecule has 0 aliphatic heterocycles. The van der Waals surface area contributed by atoms with Crippen LogP contribution in [-0.2, 0) is 23.0 Å². The molecule has 0 spiro atoms. The van der Waals surface area contributed by atoms with Gasteiger partial charge in [0.1, 0.15) is 6.61 Å². The quantitative estimate of drug-likeness (QED) is 0.758. The first kappa shape index (κ1) is 11.2. The average molecular weight is 217 g/mol. The Morgan fingerprint density at radius 3 is 2.71 bits per heavy atom. The largest absolute Gasteiger partial charge is 0.377 e. The van der Waals surface area contributed by atoms with Crippen LogP contribution in [0.5, 0.6) is 0 Å². The van der Waals surface area contributed by atoms with E-state index in [2.05, 4.69) is 5.10 Å². The maximum absolute atomic E-state index is 11.3. The van der Waals surface area contributed by atoms with Gasteiger partial charge in [-0.25, -0.2) is 0 Å². The first-order valence-electron chi connectivity index (χ1n) is 4.25. The Balaban J connectivity index is 2.81. The Morgan fingerprint density at radius 2 is 2.29 bits per heavy atom. The molecule has 0 aromatic carbocycles. The third-order valence-corrected chi connectivity index (χ3v) is 2.42. The molecule has 1 aromatic heterocycles. The summed E-state index contributed by atoms with van der Waals surface area (Å²) in [7, 11) is 3.27. The lowest BCUT2D eigenvalue weighted by Gasteiger charge is -2.01. The maximum Gasteiger partial charge on any atom is 0.164 e. The number of methoxy groups -OCH3 is 1. The van der Waals surface area contributed by atoms with Crippen LogP contribution in [0.3, 0.4) is 0 Å². The fraction of sp³-hybridized carbons (Fsp3) is 0.556. The van der Waals surface area contributed by atoms with Crippen LogP contribution < -0.4 is 0 Å². The van der Waals surface area contributed by atoms with E-state index in [0.29, 0.717) is 5.02 Å². The Labute approximate surface area is 87.8 Å². The normalized spacial score (nSPS) is 10.6. The molecule has 0 bridgehead atoms. The second-order valence-electron chi connectivity index (χ2n) is 3.12. The number of hydrogen-bond donors (Lipinski definition) is 0. The molecule has 0 N–H and O–H groups in total. The zero-order valence-corrected chi connectivity index (χ0v) is 9.26. The lowest BCUT2D eigenvalue weighted by atomic mass is 10.2.